The molecule has 0 amide bonds. The molecule has 0 atom stereocenters. The average Bonchev–Trinajstić information content (AvgIpc) is 2.69. The van der Waals surface area contributed by atoms with Gasteiger partial charge in [-0.2, -0.15) is 11.8 Å². The van der Waals surface area contributed by atoms with Gasteiger partial charge in [0.25, 0.3) is 0 Å². The van der Waals surface area contributed by atoms with Gasteiger partial charge >= 0.3 is 5.97 Å². The molecule has 0 bridgehead atoms. The number of benzene rings is 2. The molecule has 0 saturated heterocycles. The van der Waals surface area contributed by atoms with E-state index in [-0.39, 0.29) is 5.57 Å². The number of aliphatic hydroxyl groups excluding tert-OH is 1. The van der Waals surface area contributed by atoms with Gasteiger partial charge in [-0.15, -0.1) is 11.8 Å². The molecule has 4 nitrogen and oxygen atoms in total. The fourth-order valence-electron chi connectivity index (χ4n) is 2.28. The lowest BCUT2D eigenvalue weighted by Crippen LogP contribution is -2.06. The van der Waals surface area contributed by atoms with Crippen molar-refractivity contribution >= 4 is 45.8 Å². The van der Waals surface area contributed by atoms with Crippen molar-refractivity contribution in [3.8, 4) is 0 Å². The number of rotatable bonds is 7. The molecule has 2 aromatic rings. The highest BCUT2D eigenvalue weighted by molar-refractivity contribution is 8.15. The van der Waals surface area contributed by atoms with Crippen LogP contribution in [-0.2, 0) is 15.3 Å². The van der Waals surface area contributed by atoms with Gasteiger partial charge in [-0.3, -0.25) is 0 Å². The number of esters is 1. The SMILES string of the molecule is COC(=O)C(=CO)c1ccccc1CSCC(=Nc1ccccc1)SC. The third-order valence-electron chi connectivity index (χ3n) is 3.57. The first-order valence-electron chi connectivity index (χ1n) is 7.95. The number of carbonyl (C=O) groups is 1. The van der Waals surface area contributed by atoms with Crippen LogP contribution in [0.2, 0.25) is 0 Å². The summed E-state index contributed by atoms with van der Waals surface area (Å²) in [6, 6.07) is 17.4. The first kappa shape index (κ1) is 20.1. The van der Waals surface area contributed by atoms with E-state index in [2.05, 4.69) is 4.99 Å². The molecule has 2 aromatic carbocycles. The minimum Gasteiger partial charge on any atom is -0.515 e. The number of aliphatic imine (C=N–C) groups is 1. The van der Waals surface area contributed by atoms with E-state index in [1.165, 1.54) is 7.11 Å². The van der Waals surface area contributed by atoms with Crippen LogP contribution in [0.15, 0.2) is 65.9 Å². The van der Waals surface area contributed by atoms with Gasteiger partial charge < -0.3 is 9.84 Å². The average molecular weight is 388 g/mol. The number of thioether (sulfide) groups is 2. The van der Waals surface area contributed by atoms with Crippen LogP contribution < -0.4 is 0 Å². The van der Waals surface area contributed by atoms with Gasteiger partial charge in [-0.05, 0) is 29.5 Å². The van der Waals surface area contributed by atoms with Gasteiger partial charge in [0.2, 0.25) is 0 Å². The molecule has 0 fully saturated rings. The predicted molar refractivity (Wildman–Crippen MR) is 112 cm³/mol. The lowest BCUT2D eigenvalue weighted by molar-refractivity contribution is -0.133. The van der Waals surface area contributed by atoms with Crippen LogP contribution in [0.5, 0.6) is 0 Å². The van der Waals surface area contributed by atoms with Crippen molar-refractivity contribution in [1.82, 2.24) is 0 Å². The molecular weight excluding hydrogens is 366 g/mol. The standard InChI is InChI=1S/C20H21NO3S2/c1-24-20(23)18(12-22)17-11-7-6-8-15(17)13-26-14-19(25-2)21-16-9-4-3-5-10-16/h3-12,22H,13-14H2,1-2H3. The zero-order valence-corrected chi connectivity index (χ0v) is 16.3. The van der Waals surface area contributed by atoms with Gasteiger partial charge in [-0.1, -0.05) is 42.5 Å². The summed E-state index contributed by atoms with van der Waals surface area (Å²) in [7, 11) is 1.30. The summed E-state index contributed by atoms with van der Waals surface area (Å²) in [6.07, 6.45) is 2.82. The van der Waals surface area contributed by atoms with E-state index < -0.39 is 5.97 Å². The Morgan fingerprint density at radius 1 is 1.15 bits per heavy atom. The zero-order chi connectivity index (χ0) is 18.8. The van der Waals surface area contributed by atoms with Crippen molar-refractivity contribution in [3.05, 3.63) is 72.0 Å². The molecule has 0 aliphatic rings. The maximum Gasteiger partial charge on any atom is 0.341 e. The first-order chi connectivity index (χ1) is 12.7. The minimum atomic E-state index is -0.555. The lowest BCUT2D eigenvalue weighted by atomic mass is 10.0. The Morgan fingerprint density at radius 3 is 2.50 bits per heavy atom. The smallest absolute Gasteiger partial charge is 0.341 e. The van der Waals surface area contributed by atoms with Crippen LogP contribution in [0.3, 0.4) is 0 Å². The van der Waals surface area contributed by atoms with E-state index in [1.807, 2.05) is 60.9 Å². The normalized spacial score (nSPS) is 12.1. The molecule has 0 saturated carbocycles. The van der Waals surface area contributed by atoms with Crippen molar-refractivity contribution in [2.24, 2.45) is 4.99 Å². The first-order valence-corrected chi connectivity index (χ1v) is 10.3. The summed E-state index contributed by atoms with van der Waals surface area (Å²) in [6.45, 7) is 0. The number of hydrogen-bond donors (Lipinski definition) is 1. The molecule has 26 heavy (non-hydrogen) atoms. The number of nitrogens with zero attached hydrogens (tertiary/aromatic N) is 1. The highest BCUT2D eigenvalue weighted by atomic mass is 32.2. The predicted octanol–water partition coefficient (Wildman–Crippen LogP) is 5.08. The molecule has 0 aromatic heterocycles. The van der Waals surface area contributed by atoms with Crippen LogP contribution >= 0.6 is 23.5 Å². The largest absolute Gasteiger partial charge is 0.515 e. The molecule has 0 heterocycles. The zero-order valence-electron chi connectivity index (χ0n) is 14.7. The molecule has 136 valence electrons. The quantitative estimate of drug-likeness (QED) is 0.236. The van der Waals surface area contributed by atoms with Gasteiger partial charge in [0.15, 0.2) is 0 Å². The molecule has 0 aliphatic heterocycles. The van der Waals surface area contributed by atoms with Crippen LogP contribution in [-0.4, -0.2) is 35.2 Å². The number of aliphatic hydroxyl groups is 1. The van der Waals surface area contributed by atoms with Crippen molar-refractivity contribution in [2.75, 3.05) is 19.1 Å². The number of carbonyl (C=O) groups excluding carboxylic acids is 1. The van der Waals surface area contributed by atoms with Crippen LogP contribution in [0.25, 0.3) is 5.57 Å². The summed E-state index contributed by atoms with van der Waals surface area (Å²) in [5.41, 5.74) is 2.74. The van der Waals surface area contributed by atoms with Gasteiger partial charge in [0.1, 0.15) is 5.57 Å². The fourth-order valence-corrected chi connectivity index (χ4v) is 4.01. The van der Waals surface area contributed by atoms with Gasteiger partial charge in [-0.25, -0.2) is 9.79 Å². The Bertz CT molecular complexity index is 789. The maximum atomic E-state index is 11.8. The Hall–Kier alpha value is -2.18. The summed E-state index contributed by atoms with van der Waals surface area (Å²) in [5.74, 6) is 0.903. The third-order valence-corrected chi connectivity index (χ3v) is 5.45. The summed E-state index contributed by atoms with van der Waals surface area (Å²) in [4.78, 5) is 16.5. The molecule has 0 aliphatic carbocycles. The molecule has 0 spiro atoms. The maximum absolute atomic E-state index is 11.8. The Balaban J connectivity index is 2.08. The van der Waals surface area contributed by atoms with Crippen molar-refractivity contribution in [2.45, 2.75) is 5.75 Å². The Kier molecular flexibility index (Phi) is 8.31. The number of para-hydroxylation sites is 1. The van der Waals surface area contributed by atoms with E-state index in [1.54, 1.807) is 23.5 Å². The Morgan fingerprint density at radius 2 is 1.85 bits per heavy atom. The van der Waals surface area contributed by atoms with E-state index in [0.717, 1.165) is 28.3 Å². The Labute approximate surface area is 162 Å². The summed E-state index contributed by atoms with van der Waals surface area (Å²) >= 11 is 3.33. The number of ether oxygens (including phenoxy) is 1. The number of hydrogen-bond acceptors (Lipinski definition) is 6. The fraction of sp³-hybridized carbons (Fsp3) is 0.200. The minimum absolute atomic E-state index is 0.159. The van der Waals surface area contributed by atoms with Crippen LogP contribution in [0.1, 0.15) is 11.1 Å². The molecular formula is C20H21NO3S2. The molecule has 6 heteroatoms. The number of methoxy groups -OCH3 is 1. The summed E-state index contributed by atoms with van der Waals surface area (Å²) in [5, 5.41) is 10.5. The molecule has 0 radical (unpaired) electrons. The van der Waals surface area contributed by atoms with Gasteiger partial charge in [0.05, 0.1) is 24.1 Å². The van der Waals surface area contributed by atoms with Crippen molar-refractivity contribution in [1.29, 1.82) is 0 Å². The second kappa shape index (κ2) is 10.7. The monoisotopic (exact) mass is 387 g/mol. The lowest BCUT2D eigenvalue weighted by Gasteiger charge is -2.11. The van der Waals surface area contributed by atoms with Crippen molar-refractivity contribution in [3.63, 3.8) is 0 Å². The third kappa shape index (κ3) is 5.68. The van der Waals surface area contributed by atoms with E-state index in [0.29, 0.717) is 11.3 Å². The molecule has 1 N–H and O–H groups in total. The van der Waals surface area contributed by atoms with Crippen LogP contribution in [0, 0.1) is 0 Å². The highest BCUT2D eigenvalue weighted by Crippen LogP contribution is 2.25. The molecule has 2 rings (SSSR count). The van der Waals surface area contributed by atoms with E-state index in [4.69, 9.17) is 4.74 Å². The highest BCUT2D eigenvalue weighted by Gasteiger charge is 2.16. The topological polar surface area (TPSA) is 58.9 Å². The van der Waals surface area contributed by atoms with Gasteiger partial charge in [0, 0.05) is 11.5 Å². The summed E-state index contributed by atoms with van der Waals surface area (Å²) < 4.78 is 4.74. The van der Waals surface area contributed by atoms with Crippen molar-refractivity contribution < 1.29 is 14.6 Å². The van der Waals surface area contributed by atoms with Crippen LogP contribution in [0.4, 0.5) is 5.69 Å². The molecule has 0 unspecified atom stereocenters. The van der Waals surface area contributed by atoms with E-state index in [9.17, 15) is 9.90 Å². The van der Waals surface area contributed by atoms with E-state index >= 15 is 0 Å². The second-order valence-corrected chi connectivity index (χ2v) is 7.09. The second-order valence-electron chi connectivity index (χ2n) is 5.23.